The summed E-state index contributed by atoms with van der Waals surface area (Å²) >= 11 is 7.51. The van der Waals surface area contributed by atoms with Crippen molar-refractivity contribution >= 4 is 68.2 Å². The first-order chi connectivity index (χ1) is 14.8. The van der Waals surface area contributed by atoms with E-state index in [9.17, 15) is 14.0 Å². The van der Waals surface area contributed by atoms with Crippen LogP contribution in [0.1, 0.15) is 6.42 Å². The summed E-state index contributed by atoms with van der Waals surface area (Å²) in [6, 6.07) is 11.2. The van der Waals surface area contributed by atoms with Gasteiger partial charge in [0.05, 0.1) is 16.1 Å². The van der Waals surface area contributed by atoms with Crippen molar-refractivity contribution in [3.8, 4) is 0 Å². The Morgan fingerprint density at radius 2 is 1.94 bits per heavy atom. The van der Waals surface area contributed by atoms with Crippen LogP contribution in [0.3, 0.4) is 0 Å². The summed E-state index contributed by atoms with van der Waals surface area (Å²) in [5.41, 5.74) is 1.37. The number of hydrogen-bond donors (Lipinski definition) is 0. The normalized spacial score (nSPS) is 16.0. The number of amides is 2. The molecular weight excluding hydrogens is 474 g/mol. The van der Waals surface area contributed by atoms with E-state index >= 15 is 0 Å². The molecule has 2 amide bonds. The van der Waals surface area contributed by atoms with Crippen LogP contribution in [0, 0.1) is 11.7 Å². The molecule has 32 heavy (non-hydrogen) atoms. The number of fused-ring (bicyclic) bond motifs is 1. The predicted octanol–water partition coefficient (Wildman–Crippen LogP) is 4.46. The molecule has 0 aliphatic carbocycles. The Morgan fingerprint density at radius 3 is 2.62 bits per heavy atom. The van der Waals surface area contributed by atoms with E-state index in [-0.39, 0.29) is 43.0 Å². The number of carbonyl (C=O) groups is 2. The third-order valence-corrected chi connectivity index (χ3v) is 6.50. The van der Waals surface area contributed by atoms with Gasteiger partial charge in [-0.1, -0.05) is 22.9 Å². The molecule has 0 N–H and O–H groups in total. The van der Waals surface area contributed by atoms with Crippen LogP contribution < -0.4 is 9.80 Å². The summed E-state index contributed by atoms with van der Waals surface area (Å²) in [6.07, 6.45) is 0.116. The standard InChI is InChI=1S/C22H22ClFN4O2S.ClH/c1-26(2)9-10-27(22-25-18-8-3-15(23)12-19(18)31-22)21(30)14-11-20(29)28(13-14)17-6-4-16(24)5-7-17;/h3-8,12,14H,9-11,13H2,1-2H3;1H. The highest BCUT2D eigenvalue weighted by atomic mass is 35.5. The Balaban J connectivity index is 0.00000289. The molecule has 1 saturated heterocycles. The van der Waals surface area contributed by atoms with Gasteiger partial charge < -0.3 is 9.80 Å². The molecule has 6 nitrogen and oxygen atoms in total. The Hall–Kier alpha value is -2.26. The van der Waals surface area contributed by atoms with Crippen LogP contribution in [-0.2, 0) is 9.59 Å². The number of thiazole rings is 1. The third-order valence-electron chi connectivity index (χ3n) is 5.22. The van der Waals surface area contributed by atoms with E-state index in [0.717, 1.165) is 10.2 Å². The SMILES string of the molecule is CN(C)CCN(C(=O)C1CC(=O)N(c2ccc(F)cc2)C1)c1nc2ccc(Cl)cc2s1.Cl. The molecule has 1 aliphatic heterocycles. The van der Waals surface area contributed by atoms with Gasteiger partial charge in [0.1, 0.15) is 5.82 Å². The van der Waals surface area contributed by atoms with Gasteiger partial charge in [-0.05, 0) is 56.6 Å². The number of carbonyl (C=O) groups excluding carboxylic acids is 2. The highest BCUT2D eigenvalue weighted by molar-refractivity contribution is 7.22. The number of benzene rings is 2. The maximum Gasteiger partial charge on any atom is 0.234 e. The molecule has 1 aliphatic rings. The van der Waals surface area contributed by atoms with Crippen LogP contribution in [0.4, 0.5) is 15.2 Å². The van der Waals surface area contributed by atoms with Gasteiger partial charge in [-0.15, -0.1) is 12.4 Å². The number of halogens is 3. The van der Waals surface area contributed by atoms with Crippen molar-refractivity contribution in [2.24, 2.45) is 5.92 Å². The Kier molecular flexibility index (Phi) is 7.71. The van der Waals surface area contributed by atoms with E-state index in [1.54, 1.807) is 28.0 Å². The second kappa shape index (κ2) is 10.1. The summed E-state index contributed by atoms with van der Waals surface area (Å²) in [5, 5.41) is 1.21. The number of likely N-dealkylation sites (N-methyl/N-ethyl adjacent to an activating group) is 1. The van der Waals surface area contributed by atoms with E-state index in [2.05, 4.69) is 4.98 Å². The van der Waals surface area contributed by atoms with Crippen molar-refractivity contribution in [3.05, 3.63) is 53.3 Å². The van der Waals surface area contributed by atoms with Gasteiger partial charge in [-0.2, -0.15) is 0 Å². The number of rotatable bonds is 6. The van der Waals surface area contributed by atoms with Gasteiger partial charge in [0.2, 0.25) is 11.8 Å². The molecule has 10 heteroatoms. The largest absolute Gasteiger partial charge is 0.312 e. The lowest BCUT2D eigenvalue weighted by molar-refractivity contribution is -0.124. The van der Waals surface area contributed by atoms with Crippen LogP contribution in [-0.4, -0.2) is 55.4 Å². The molecule has 0 bridgehead atoms. The minimum Gasteiger partial charge on any atom is -0.312 e. The van der Waals surface area contributed by atoms with Crippen LogP contribution in [0.25, 0.3) is 10.2 Å². The smallest absolute Gasteiger partial charge is 0.234 e. The van der Waals surface area contributed by atoms with Gasteiger partial charge in [-0.25, -0.2) is 9.37 Å². The first-order valence-corrected chi connectivity index (χ1v) is 11.1. The molecule has 0 spiro atoms. The molecule has 1 unspecified atom stereocenters. The van der Waals surface area contributed by atoms with Gasteiger partial charge >= 0.3 is 0 Å². The second-order valence-corrected chi connectivity index (χ2v) is 9.23. The second-order valence-electron chi connectivity index (χ2n) is 7.78. The van der Waals surface area contributed by atoms with Crippen molar-refractivity contribution in [2.75, 3.05) is 43.5 Å². The third kappa shape index (κ3) is 5.20. The first kappa shape index (κ1) is 24.4. The molecule has 170 valence electrons. The zero-order valence-corrected chi connectivity index (χ0v) is 20.0. The molecular formula is C22H23Cl2FN4O2S. The quantitative estimate of drug-likeness (QED) is 0.505. The average molecular weight is 497 g/mol. The number of hydrogen-bond acceptors (Lipinski definition) is 5. The molecule has 1 atom stereocenters. The summed E-state index contributed by atoms with van der Waals surface area (Å²) in [7, 11) is 3.88. The van der Waals surface area contributed by atoms with Crippen LogP contribution in [0.2, 0.25) is 5.02 Å². The van der Waals surface area contributed by atoms with Gasteiger partial charge in [-0.3, -0.25) is 14.5 Å². The fraction of sp³-hybridized carbons (Fsp3) is 0.318. The Bertz CT molecular complexity index is 1120. The van der Waals surface area contributed by atoms with Gasteiger partial charge in [0, 0.05) is 36.8 Å². The van der Waals surface area contributed by atoms with Gasteiger partial charge in [0.25, 0.3) is 0 Å². The van der Waals surface area contributed by atoms with Crippen molar-refractivity contribution in [2.45, 2.75) is 6.42 Å². The number of nitrogens with zero attached hydrogens (tertiary/aromatic N) is 4. The van der Waals surface area contributed by atoms with Crippen LogP contribution in [0.5, 0.6) is 0 Å². The molecule has 4 rings (SSSR count). The maximum atomic E-state index is 13.5. The van der Waals surface area contributed by atoms with Crippen LogP contribution >= 0.6 is 35.3 Å². The molecule has 1 fully saturated rings. The zero-order chi connectivity index (χ0) is 22.1. The lowest BCUT2D eigenvalue weighted by atomic mass is 10.1. The lowest BCUT2D eigenvalue weighted by Gasteiger charge is -2.24. The topological polar surface area (TPSA) is 56.8 Å². The highest BCUT2D eigenvalue weighted by Gasteiger charge is 2.38. The molecule has 2 aromatic carbocycles. The van der Waals surface area contributed by atoms with Crippen molar-refractivity contribution in [3.63, 3.8) is 0 Å². The van der Waals surface area contributed by atoms with Crippen molar-refractivity contribution < 1.29 is 14.0 Å². The van der Waals surface area contributed by atoms with E-state index < -0.39 is 5.92 Å². The minimum absolute atomic E-state index is 0. The fourth-order valence-electron chi connectivity index (χ4n) is 3.57. The fourth-order valence-corrected chi connectivity index (χ4v) is 4.84. The lowest BCUT2D eigenvalue weighted by Crippen LogP contribution is -2.41. The summed E-state index contributed by atoms with van der Waals surface area (Å²) < 4.78 is 14.2. The zero-order valence-electron chi connectivity index (χ0n) is 17.6. The maximum absolute atomic E-state index is 13.5. The van der Waals surface area contributed by atoms with E-state index in [4.69, 9.17) is 11.6 Å². The molecule has 1 aromatic heterocycles. The van der Waals surface area contributed by atoms with Crippen molar-refractivity contribution in [1.29, 1.82) is 0 Å². The Morgan fingerprint density at radius 1 is 1.22 bits per heavy atom. The average Bonchev–Trinajstić information content (AvgIpc) is 3.31. The number of aromatic nitrogens is 1. The predicted molar refractivity (Wildman–Crippen MR) is 130 cm³/mol. The van der Waals surface area contributed by atoms with Crippen LogP contribution in [0.15, 0.2) is 42.5 Å². The first-order valence-electron chi connectivity index (χ1n) is 9.90. The van der Waals surface area contributed by atoms with Gasteiger partial charge in [0.15, 0.2) is 5.13 Å². The van der Waals surface area contributed by atoms with Crippen molar-refractivity contribution in [1.82, 2.24) is 9.88 Å². The molecule has 0 saturated carbocycles. The molecule has 0 radical (unpaired) electrons. The summed E-state index contributed by atoms with van der Waals surface area (Å²) in [4.78, 5) is 35.9. The monoisotopic (exact) mass is 496 g/mol. The molecule has 3 aromatic rings. The Labute approximate surface area is 201 Å². The van der Waals surface area contributed by atoms with E-state index in [0.29, 0.717) is 28.9 Å². The van der Waals surface area contributed by atoms with E-state index in [1.165, 1.54) is 23.5 Å². The molecule has 2 heterocycles. The summed E-state index contributed by atoms with van der Waals surface area (Å²) in [6.45, 7) is 1.38. The number of anilines is 2. The highest BCUT2D eigenvalue weighted by Crippen LogP contribution is 2.33. The minimum atomic E-state index is -0.490. The summed E-state index contributed by atoms with van der Waals surface area (Å²) in [5.74, 6) is -1.14. The van der Waals surface area contributed by atoms with E-state index in [1.807, 2.05) is 31.1 Å².